The fourth-order valence-corrected chi connectivity index (χ4v) is 3.00. The van der Waals surface area contributed by atoms with Gasteiger partial charge in [0.25, 0.3) is 0 Å². The van der Waals surface area contributed by atoms with Gasteiger partial charge in [-0.1, -0.05) is 13.8 Å². The zero-order valence-electron chi connectivity index (χ0n) is 8.01. The van der Waals surface area contributed by atoms with Gasteiger partial charge in [-0.25, -0.2) is 4.98 Å². The van der Waals surface area contributed by atoms with Gasteiger partial charge in [0.05, 0.1) is 14.5 Å². The lowest BCUT2D eigenvalue weighted by atomic mass is 10.1. The molecule has 0 aliphatic heterocycles. The number of thiazole rings is 1. The van der Waals surface area contributed by atoms with E-state index < -0.39 is 0 Å². The molecule has 13 heavy (non-hydrogen) atoms. The zero-order chi connectivity index (χ0) is 9.84. The van der Waals surface area contributed by atoms with Gasteiger partial charge in [-0.3, -0.25) is 0 Å². The van der Waals surface area contributed by atoms with E-state index in [1.807, 2.05) is 0 Å². The van der Waals surface area contributed by atoms with E-state index >= 15 is 0 Å². The fraction of sp³-hybridized carbons (Fsp3) is 0.667. The Hall–Kier alpha value is 0.0700. The van der Waals surface area contributed by atoms with E-state index in [2.05, 4.69) is 34.8 Å². The first-order chi connectivity index (χ1) is 6.13. The Bertz CT molecular complexity index is 271. The van der Waals surface area contributed by atoms with Crippen LogP contribution < -0.4 is 5.73 Å². The highest BCUT2D eigenvalue weighted by Crippen LogP contribution is 2.26. The van der Waals surface area contributed by atoms with Gasteiger partial charge in [0.1, 0.15) is 0 Å². The Morgan fingerprint density at radius 3 is 2.77 bits per heavy atom. The minimum atomic E-state index is 0.670. The van der Waals surface area contributed by atoms with Crippen molar-refractivity contribution in [3.8, 4) is 0 Å². The Balaban J connectivity index is 2.70. The molecule has 2 N–H and O–H groups in total. The van der Waals surface area contributed by atoms with Crippen molar-refractivity contribution in [1.29, 1.82) is 0 Å². The van der Waals surface area contributed by atoms with Crippen LogP contribution in [0.2, 0.25) is 0 Å². The van der Waals surface area contributed by atoms with Crippen molar-refractivity contribution in [1.82, 2.24) is 4.98 Å². The Morgan fingerprint density at radius 1 is 1.54 bits per heavy atom. The van der Waals surface area contributed by atoms with Gasteiger partial charge in [0, 0.05) is 12.8 Å². The number of hydrogen-bond acceptors (Lipinski definition) is 3. The molecule has 0 fully saturated rings. The molecule has 0 aliphatic rings. The maximum Gasteiger partial charge on any atom is 0.0942 e. The highest BCUT2D eigenvalue weighted by Gasteiger charge is 2.08. The maximum atomic E-state index is 5.48. The van der Waals surface area contributed by atoms with Gasteiger partial charge < -0.3 is 5.73 Å². The first-order valence-corrected chi connectivity index (χ1v) is 6.08. The molecule has 4 heteroatoms. The number of nitrogens with zero attached hydrogens (tertiary/aromatic N) is 1. The average Bonchev–Trinajstić information content (AvgIpc) is 2.31. The molecule has 0 unspecified atom stereocenters. The van der Waals surface area contributed by atoms with Crippen molar-refractivity contribution in [2.24, 2.45) is 11.7 Å². The van der Waals surface area contributed by atoms with Gasteiger partial charge in [-0.2, -0.15) is 0 Å². The van der Waals surface area contributed by atoms with Crippen LogP contribution in [0.1, 0.15) is 24.5 Å². The van der Waals surface area contributed by atoms with Crippen molar-refractivity contribution in [2.45, 2.75) is 26.7 Å². The van der Waals surface area contributed by atoms with Gasteiger partial charge in [0.2, 0.25) is 0 Å². The molecule has 0 spiro atoms. The molecule has 0 saturated heterocycles. The average molecular weight is 263 g/mol. The smallest absolute Gasteiger partial charge is 0.0942 e. The summed E-state index contributed by atoms with van der Waals surface area (Å²) in [5.74, 6) is 0.670. The molecular weight excluding hydrogens is 248 g/mol. The standard InChI is InChI=1S/C9H15BrN2S/c1-6(2)5-8-12-7(3-4-11)9(10)13-8/h6H,3-5,11H2,1-2H3. The lowest BCUT2D eigenvalue weighted by Crippen LogP contribution is -2.03. The summed E-state index contributed by atoms with van der Waals surface area (Å²) in [6, 6.07) is 0. The summed E-state index contributed by atoms with van der Waals surface area (Å²) in [4.78, 5) is 4.53. The van der Waals surface area contributed by atoms with Crippen molar-refractivity contribution < 1.29 is 0 Å². The van der Waals surface area contributed by atoms with E-state index in [9.17, 15) is 0 Å². The second kappa shape index (κ2) is 5.08. The predicted molar refractivity (Wildman–Crippen MR) is 61.1 cm³/mol. The fourth-order valence-electron chi connectivity index (χ4n) is 1.11. The summed E-state index contributed by atoms with van der Waals surface area (Å²) >= 11 is 5.24. The number of halogens is 1. The van der Waals surface area contributed by atoms with E-state index in [0.717, 1.165) is 22.3 Å². The number of hydrogen-bond donors (Lipinski definition) is 1. The molecular formula is C9H15BrN2S. The summed E-state index contributed by atoms with van der Waals surface area (Å²) in [5, 5.41) is 1.21. The molecule has 1 heterocycles. The van der Waals surface area contributed by atoms with Crippen molar-refractivity contribution >= 4 is 27.3 Å². The summed E-state index contributed by atoms with van der Waals surface area (Å²) in [7, 11) is 0. The predicted octanol–water partition coefficient (Wildman–Crippen LogP) is 2.61. The van der Waals surface area contributed by atoms with Crippen molar-refractivity contribution in [2.75, 3.05) is 6.54 Å². The third-order valence-electron chi connectivity index (χ3n) is 1.66. The highest BCUT2D eigenvalue weighted by atomic mass is 79.9. The van der Waals surface area contributed by atoms with Gasteiger partial charge in [-0.15, -0.1) is 11.3 Å². The second-order valence-electron chi connectivity index (χ2n) is 3.46. The largest absolute Gasteiger partial charge is 0.330 e. The molecule has 1 aromatic heterocycles. The van der Waals surface area contributed by atoms with E-state index in [1.54, 1.807) is 11.3 Å². The Morgan fingerprint density at radius 2 is 2.23 bits per heavy atom. The third-order valence-corrected chi connectivity index (χ3v) is 3.51. The van der Waals surface area contributed by atoms with Gasteiger partial charge in [-0.05, 0) is 28.4 Å². The molecule has 0 bridgehead atoms. The molecule has 0 atom stereocenters. The first kappa shape index (κ1) is 11.1. The number of nitrogens with two attached hydrogens (primary N) is 1. The summed E-state index contributed by atoms with van der Waals surface area (Å²) in [5.41, 5.74) is 6.60. The van der Waals surface area contributed by atoms with E-state index in [4.69, 9.17) is 5.73 Å². The lowest BCUT2D eigenvalue weighted by Gasteiger charge is -1.98. The number of rotatable bonds is 4. The van der Waals surface area contributed by atoms with Crippen LogP contribution in [0.4, 0.5) is 0 Å². The molecule has 0 aliphatic carbocycles. The highest BCUT2D eigenvalue weighted by molar-refractivity contribution is 9.11. The van der Waals surface area contributed by atoms with Gasteiger partial charge in [0.15, 0.2) is 0 Å². The quantitative estimate of drug-likeness (QED) is 0.906. The van der Waals surface area contributed by atoms with Crippen molar-refractivity contribution in [3.63, 3.8) is 0 Å². The molecule has 0 aromatic carbocycles. The summed E-state index contributed by atoms with van der Waals surface area (Å²) in [6.07, 6.45) is 1.93. The van der Waals surface area contributed by atoms with Crippen LogP contribution in [0.15, 0.2) is 3.79 Å². The van der Waals surface area contributed by atoms with Crippen LogP contribution in [0.5, 0.6) is 0 Å². The molecule has 1 aromatic rings. The van der Waals surface area contributed by atoms with Crippen LogP contribution in [-0.4, -0.2) is 11.5 Å². The van der Waals surface area contributed by atoms with E-state index in [-0.39, 0.29) is 0 Å². The van der Waals surface area contributed by atoms with Crippen LogP contribution in [0, 0.1) is 5.92 Å². The monoisotopic (exact) mass is 262 g/mol. The maximum absolute atomic E-state index is 5.48. The molecule has 0 saturated carbocycles. The first-order valence-electron chi connectivity index (χ1n) is 4.47. The zero-order valence-corrected chi connectivity index (χ0v) is 10.4. The van der Waals surface area contributed by atoms with Crippen LogP contribution in [0.25, 0.3) is 0 Å². The summed E-state index contributed by atoms with van der Waals surface area (Å²) in [6.45, 7) is 5.08. The Kier molecular flexibility index (Phi) is 4.35. The minimum absolute atomic E-state index is 0.670. The second-order valence-corrected chi connectivity index (χ2v) is 5.87. The SMILES string of the molecule is CC(C)Cc1nc(CCN)c(Br)s1. The van der Waals surface area contributed by atoms with Gasteiger partial charge >= 0.3 is 0 Å². The lowest BCUT2D eigenvalue weighted by molar-refractivity contribution is 0.642. The minimum Gasteiger partial charge on any atom is -0.330 e. The molecule has 2 nitrogen and oxygen atoms in total. The van der Waals surface area contributed by atoms with Crippen molar-refractivity contribution in [3.05, 3.63) is 14.5 Å². The molecule has 1 rings (SSSR count). The summed E-state index contributed by atoms with van der Waals surface area (Å²) < 4.78 is 1.15. The molecule has 0 radical (unpaired) electrons. The Labute approximate surface area is 91.7 Å². The van der Waals surface area contributed by atoms with E-state index in [0.29, 0.717) is 12.5 Å². The third kappa shape index (κ3) is 3.37. The van der Waals surface area contributed by atoms with Crippen LogP contribution in [-0.2, 0) is 12.8 Å². The van der Waals surface area contributed by atoms with Crippen LogP contribution in [0.3, 0.4) is 0 Å². The molecule has 0 amide bonds. The van der Waals surface area contributed by atoms with E-state index in [1.165, 1.54) is 5.01 Å². The normalized spacial score (nSPS) is 11.2. The topological polar surface area (TPSA) is 38.9 Å². The number of aromatic nitrogens is 1. The molecule has 74 valence electrons. The van der Waals surface area contributed by atoms with Crippen LogP contribution >= 0.6 is 27.3 Å².